The van der Waals surface area contributed by atoms with Crippen LogP contribution >= 0.6 is 0 Å². The van der Waals surface area contributed by atoms with Crippen molar-refractivity contribution >= 4 is 15.9 Å². The summed E-state index contributed by atoms with van der Waals surface area (Å²) in [5, 5.41) is 2.88. The van der Waals surface area contributed by atoms with E-state index in [0.29, 0.717) is 0 Å². The summed E-state index contributed by atoms with van der Waals surface area (Å²) < 4.78 is 25.2. The molecule has 134 valence electrons. The Labute approximate surface area is 149 Å². The van der Waals surface area contributed by atoms with E-state index < -0.39 is 10.0 Å². The van der Waals surface area contributed by atoms with Crippen molar-refractivity contribution in [2.24, 2.45) is 0 Å². The van der Waals surface area contributed by atoms with Crippen LogP contribution in [-0.4, -0.2) is 31.4 Å². The van der Waals surface area contributed by atoms with Gasteiger partial charge in [-0.05, 0) is 30.5 Å². The molecule has 0 aromatic heterocycles. The minimum Gasteiger partial charge on any atom is -0.348 e. The van der Waals surface area contributed by atoms with Crippen molar-refractivity contribution in [1.29, 1.82) is 0 Å². The fourth-order valence-corrected chi connectivity index (χ4v) is 3.41. The Morgan fingerprint density at radius 2 is 1.68 bits per heavy atom. The van der Waals surface area contributed by atoms with E-state index in [1.165, 1.54) is 4.31 Å². The summed E-state index contributed by atoms with van der Waals surface area (Å²) in [6, 6.07) is 16.8. The average Bonchev–Trinajstić information content (AvgIpc) is 2.54. The molecule has 6 heteroatoms. The fraction of sp³-hybridized carbons (Fsp3) is 0.316. The van der Waals surface area contributed by atoms with Crippen molar-refractivity contribution < 1.29 is 13.2 Å². The number of carbonyl (C=O) groups is 1. The Bertz CT molecular complexity index is 820. The summed E-state index contributed by atoms with van der Waals surface area (Å²) >= 11 is 0. The van der Waals surface area contributed by atoms with Crippen LogP contribution in [0.5, 0.6) is 0 Å². The molecule has 0 bridgehead atoms. The average molecular weight is 360 g/mol. The summed E-state index contributed by atoms with van der Waals surface area (Å²) in [6.45, 7) is 3.84. The standard InChI is InChI=1S/C19H24N2O3S/c1-15-9-7-8-12-18(15)16(2)20-19(22)14-21(25(3,23)24)13-17-10-5-4-6-11-17/h4-12,16H,13-14H2,1-3H3,(H,20,22)/t16-/m0/s1. The number of aryl methyl sites for hydroxylation is 1. The lowest BCUT2D eigenvalue weighted by Crippen LogP contribution is -2.40. The Balaban J connectivity index is 2.06. The summed E-state index contributed by atoms with van der Waals surface area (Å²) in [6.07, 6.45) is 1.12. The third-order valence-electron chi connectivity index (χ3n) is 4.02. The molecule has 2 aromatic carbocycles. The van der Waals surface area contributed by atoms with Crippen molar-refractivity contribution in [2.45, 2.75) is 26.4 Å². The summed E-state index contributed by atoms with van der Waals surface area (Å²) in [7, 11) is -3.49. The van der Waals surface area contributed by atoms with Crippen LogP contribution in [0.1, 0.15) is 29.7 Å². The Hall–Kier alpha value is -2.18. The van der Waals surface area contributed by atoms with Gasteiger partial charge >= 0.3 is 0 Å². The molecule has 0 saturated heterocycles. The van der Waals surface area contributed by atoms with Gasteiger partial charge in [-0.3, -0.25) is 4.79 Å². The van der Waals surface area contributed by atoms with E-state index in [1.54, 1.807) is 0 Å². The highest BCUT2D eigenvalue weighted by Crippen LogP contribution is 2.16. The van der Waals surface area contributed by atoms with Gasteiger partial charge in [0.05, 0.1) is 18.8 Å². The maximum atomic E-state index is 12.4. The first-order valence-electron chi connectivity index (χ1n) is 8.11. The molecule has 5 nitrogen and oxygen atoms in total. The van der Waals surface area contributed by atoms with Gasteiger partial charge in [0.1, 0.15) is 0 Å². The van der Waals surface area contributed by atoms with Gasteiger partial charge in [0.25, 0.3) is 0 Å². The zero-order chi connectivity index (χ0) is 18.4. The van der Waals surface area contributed by atoms with E-state index in [-0.39, 0.29) is 25.0 Å². The molecule has 25 heavy (non-hydrogen) atoms. The van der Waals surface area contributed by atoms with Gasteiger partial charge in [0.2, 0.25) is 15.9 Å². The van der Waals surface area contributed by atoms with E-state index in [4.69, 9.17) is 0 Å². The zero-order valence-corrected chi connectivity index (χ0v) is 15.6. The number of sulfonamides is 1. The van der Waals surface area contributed by atoms with Gasteiger partial charge in [0.15, 0.2) is 0 Å². The first-order valence-corrected chi connectivity index (χ1v) is 9.96. The maximum Gasteiger partial charge on any atom is 0.235 e. The maximum absolute atomic E-state index is 12.4. The predicted octanol–water partition coefficient (Wildman–Crippen LogP) is 2.63. The second-order valence-corrected chi connectivity index (χ2v) is 8.14. The summed E-state index contributed by atoms with van der Waals surface area (Å²) in [4.78, 5) is 12.4. The van der Waals surface area contributed by atoms with E-state index in [1.807, 2.05) is 68.4 Å². The number of amides is 1. The molecule has 1 atom stereocenters. The quantitative estimate of drug-likeness (QED) is 0.825. The van der Waals surface area contributed by atoms with Crippen LogP contribution < -0.4 is 5.32 Å². The van der Waals surface area contributed by atoms with E-state index in [2.05, 4.69) is 5.32 Å². The number of rotatable bonds is 7. The first-order chi connectivity index (χ1) is 11.8. The molecule has 1 amide bonds. The lowest BCUT2D eigenvalue weighted by Gasteiger charge is -2.22. The first kappa shape index (κ1) is 19.1. The van der Waals surface area contributed by atoms with Gasteiger partial charge in [-0.15, -0.1) is 0 Å². The molecule has 0 unspecified atom stereocenters. The Morgan fingerprint density at radius 3 is 2.28 bits per heavy atom. The molecule has 0 aliphatic carbocycles. The largest absolute Gasteiger partial charge is 0.348 e. The van der Waals surface area contributed by atoms with E-state index >= 15 is 0 Å². The third kappa shape index (κ3) is 5.69. The van der Waals surface area contributed by atoms with Crippen LogP contribution in [-0.2, 0) is 21.4 Å². The molecule has 2 rings (SSSR count). The molecule has 0 aliphatic heterocycles. The fourth-order valence-electron chi connectivity index (χ4n) is 2.68. The molecule has 0 radical (unpaired) electrons. The highest BCUT2D eigenvalue weighted by Gasteiger charge is 2.21. The lowest BCUT2D eigenvalue weighted by molar-refractivity contribution is -0.122. The normalized spacial score (nSPS) is 12.8. The van der Waals surface area contributed by atoms with Gasteiger partial charge in [0, 0.05) is 6.54 Å². The molecule has 1 N–H and O–H groups in total. The predicted molar refractivity (Wildman–Crippen MR) is 99.4 cm³/mol. The lowest BCUT2D eigenvalue weighted by atomic mass is 10.0. The smallest absolute Gasteiger partial charge is 0.235 e. The van der Waals surface area contributed by atoms with Gasteiger partial charge in [-0.1, -0.05) is 54.6 Å². The van der Waals surface area contributed by atoms with Crippen molar-refractivity contribution in [3.8, 4) is 0 Å². The number of nitrogens with zero attached hydrogens (tertiary/aromatic N) is 1. The number of hydrogen-bond donors (Lipinski definition) is 1. The van der Waals surface area contributed by atoms with Crippen LogP contribution in [0.4, 0.5) is 0 Å². The summed E-state index contributed by atoms with van der Waals surface area (Å²) in [5.41, 5.74) is 2.94. The second-order valence-electron chi connectivity index (χ2n) is 6.16. The number of carbonyl (C=O) groups excluding carboxylic acids is 1. The molecule has 2 aromatic rings. The highest BCUT2D eigenvalue weighted by atomic mass is 32.2. The molecular weight excluding hydrogens is 336 g/mol. The van der Waals surface area contributed by atoms with Crippen molar-refractivity contribution in [2.75, 3.05) is 12.8 Å². The van der Waals surface area contributed by atoms with Crippen LogP contribution in [0.3, 0.4) is 0 Å². The molecule has 0 spiro atoms. The zero-order valence-electron chi connectivity index (χ0n) is 14.8. The molecule has 0 saturated carbocycles. The number of nitrogens with one attached hydrogen (secondary N) is 1. The van der Waals surface area contributed by atoms with Gasteiger partial charge in [-0.25, -0.2) is 8.42 Å². The minimum atomic E-state index is -3.49. The number of hydrogen-bond acceptors (Lipinski definition) is 3. The van der Waals surface area contributed by atoms with Gasteiger partial charge in [-0.2, -0.15) is 4.31 Å². The van der Waals surface area contributed by atoms with Crippen molar-refractivity contribution in [3.63, 3.8) is 0 Å². The molecule has 0 fully saturated rings. The second kappa shape index (κ2) is 8.27. The molecular formula is C19H24N2O3S. The highest BCUT2D eigenvalue weighted by molar-refractivity contribution is 7.88. The molecule has 0 aliphatic rings. The van der Waals surface area contributed by atoms with Crippen LogP contribution in [0.25, 0.3) is 0 Å². The SMILES string of the molecule is Cc1ccccc1[C@H](C)NC(=O)CN(Cc1ccccc1)S(C)(=O)=O. The summed E-state index contributed by atoms with van der Waals surface area (Å²) in [5.74, 6) is -0.322. The van der Waals surface area contributed by atoms with Crippen molar-refractivity contribution in [3.05, 3.63) is 71.3 Å². The van der Waals surface area contributed by atoms with Crippen molar-refractivity contribution in [1.82, 2.24) is 9.62 Å². The minimum absolute atomic E-state index is 0.172. The molecule has 0 heterocycles. The van der Waals surface area contributed by atoms with E-state index in [0.717, 1.165) is 22.9 Å². The van der Waals surface area contributed by atoms with Crippen LogP contribution in [0, 0.1) is 6.92 Å². The Morgan fingerprint density at radius 1 is 1.08 bits per heavy atom. The third-order valence-corrected chi connectivity index (χ3v) is 5.22. The van der Waals surface area contributed by atoms with Gasteiger partial charge < -0.3 is 5.32 Å². The van der Waals surface area contributed by atoms with E-state index in [9.17, 15) is 13.2 Å². The topological polar surface area (TPSA) is 66.5 Å². The van der Waals surface area contributed by atoms with Crippen LogP contribution in [0.15, 0.2) is 54.6 Å². The Kier molecular flexibility index (Phi) is 6.33. The van der Waals surface area contributed by atoms with Crippen LogP contribution in [0.2, 0.25) is 0 Å². The number of benzene rings is 2. The monoisotopic (exact) mass is 360 g/mol.